The third-order valence-corrected chi connectivity index (χ3v) is 1.89. The van der Waals surface area contributed by atoms with Gasteiger partial charge in [0.05, 0.1) is 0 Å². The van der Waals surface area contributed by atoms with Crippen LogP contribution in [0.5, 0.6) is 0 Å². The highest BCUT2D eigenvalue weighted by Crippen LogP contribution is 2.00. The predicted molar refractivity (Wildman–Crippen MR) is 56.4 cm³/mol. The number of ketones is 1. The summed E-state index contributed by atoms with van der Waals surface area (Å²) < 4.78 is 10.1. The van der Waals surface area contributed by atoms with Gasteiger partial charge < -0.3 is 9.47 Å². The lowest BCUT2D eigenvalue weighted by molar-refractivity contribution is -0.123. The third kappa shape index (κ3) is 9.68. The lowest BCUT2D eigenvalue weighted by atomic mass is 10.1. The Bertz CT molecular complexity index is 143. The molecule has 0 saturated carbocycles. The van der Waals surface area contributed by atoms with Crippen molar-refractivity contribution in [1.82, 2.24) is 0 Å². The van der Waals surface area contributed by atoms with Gasteiger partial charge in [0.1, 0.15) is 6.61 Å². The zero-order valence-electron chi connectivity index (χ0n) is 9.54. The topological polar surface area (TPSA) is 35.5 Å². The second kappa shape index (κ2) is 9.16. The van der Waals surface area contributed by atoms with Crippen LogP contribution in [0.1, 0.15) is 33.1 Å². The fraction of sp³-hybridized carbons (Fsp3) is 0.909. The summed E-state index contributed by atoms with van der Waals surface area (Å²) in [5.74, 6) is 0.838. The molecule has 0 saturated heterocycles. The molecule has 0 aliphatic carbocycles. The molecule has 0 heterocycles. The Morgan fingerprint density at radius 3 is 2.57 bits per heavy atom. The minimum Gasteiger partial charge on any atom is -0.381 e. The van der Waals surface area contributed by atoms with Crippen LogP contribution in [-0.2, 0) is 14.3 Å². The number of carbonyl (C=O) groups is 1. The Kier molecular flexibility index (Phi) is 8.89. The van der Waals surface area contributed by atoms with Gasteiger partial charge in [-0.15, -0.1) is 0 Å². The molecule has 0 spiro atoms. The minimum absolute atomic E-state index is 0.153. The fourth-order valence-corrected chi connectivity index (χ4v) is 1.03. The average Bonchev–Trinajstić information content (AvgIpc) is 2.11. The SMILES string of the molecule is COCC(=O)CCCOCCC(C)C. The van der Waals surface area contributed by atoms with Crippen LogP contribution in [0.3, 0.4) is 0 Å². The van der Waals surface area contributed by atoms with Crippen LogP contribution >= 0.6 is 0 Å². The van der Waals surface area contributed by atoms with E-state index in [9.17, 15) is 4.79 Å². The molecule has 0 aromatic carbocycles. The number of methoxy groups -OCH3 is 1. The Labute approximate surface area is 86.8 Å². The van der Waals surface area contributed by atoms with E-state index < -0.39 is 0 Å². The smallest absolute Gasteiger partial charge is 0.158 e. The number of Topliss-reactive ketones (excluding diaryl/α,β-unsaturated/α-hetero) is 1. The van der Waals surface area contributed by atoms with Gasteiger partial charge in [-0.25, -0.2) is 0 Å². The molecule has 0 fully saturated rings. The number of carbonyl (C=O) groups excluding carboxylic acids is 1. The number of hydrogen-bond donors (Lipinski definition) is 0. The first-order valence-electron chi connectivity index (χ1n) is 5.25. The summed E-state index contributed by atoms with van der Waals surface area (Å²) in [5, 5.41) is 0. The zero-order valence-corrected chi connectivity index (χ0v) is 9.54. The molecule has 0 aromatic rings. The Morgan fingerprint density at radius 1 is 1.29 bits per heavy atom. The number of ether oxygens (including phenoxy) is 2. The van der Waals surface area contributed by atoms with Crippen molar-refractivity contribution in [2.24, 2.45) is 5.92 Å². The highest BCUT2D eigenvalue weighted by molar-refractivity contribution is 5.79. The van der Waals surface area contributed by atoms with E-state index in [0.29, 0.717) is 18.9 Å². The van der Waals surface area contributed by atoms with Crippen molar-refractivity contribution in [2.45, 2.75) is 33.1 Å². The van der Waals surface area contributed by atoms with E-state index in [1.165, 1.54) is 7.11 Å². The molecule has 0 aliphatic heterocycles. The van der Waals surface area contributed by atoms with Crippen LogP contribution in [0.4, 0.5) is 0 Å². The molecule has 3 nitrogen and oxygen atoms in total. The van der Waals surface area contributed by atoms with E-state index in [1.807, 2.05) is 0 Å². The fourth-order valence-electron chi connectivity index (χ4n) is 1.03. The highest BCUT2D eigenvalue weighted by Gasteiger charge is 2.00. The Balaban J connectivity index is 3.09. The second-order valence-electron chi connectivity index (χ2n) is 3.87. The summed E-state index contributed by atoms with van der Waals surface area (Å²) in [4.78, 5) is 11.0. The zero-order chi connectivity index (χ0) is 10.8. The monoisotopic (exact) mass is 202 g/mol. The normalized spacial score (nSPS) is 10.9. The van der Waals surface area contributed by atoms with Gasteiger partial charge in [-0.1, -0.05) is 13.8 Å². The van der Waals surface area contributed by atoms with Crippen molar-refractivity contribution in [3.63, 3.8) is 0 Å². The molecular formula is C11H22O3. The largest absolute Gasteiger partial charge is 0.381 e. The number of hydrogen-bond acceptors (Lipinski definition) is 3. The van der Waals surface area contributed by atoms with Gasteiger partial charge in [0.25, 0.3) is 0 Å². The molecule has 0 bridgehead atoms. The first-order chi connectivity index (χ1) is 6.66. The summed E-state index contributed by atoms with van der Waals surface area (Å²) in [6.45, 7) is 6.06. The molecule has 0 radical (unpaired) electrons. The van der Waals surface area contributed by atoms with E-state index in [-0.39, 0.29) is 12.4 Å². The van der Waals surface area contributed by atoms with Crippen LogP contribution in [-0.4, -0.2) is 32.7 Å². The summed E-state index contributed by atoms with van der Waals surface area (Å²) in [7, 11) is 1.54. The Hall–Kier alpha value is -0.410. The van der Waals surface area contributed by atoms with Crippen molar-refractivity contribution < 1.29 is 14.3 Å². The summed E-state index contributed by atoms with van der Waals surface area (Å²) >= 11 is 0. The maximum Gasteiger partial charge on any atom is 0.158 e. The van der Waals surface area contributed by atoms with Crippen LogP contribution < -0.4 is 0 Å². The second-order valence-corrected chi connectivity index (χ2v) is 3.87. The Morgan fingerprint density at radius 2 is 2.00 bits per heavy atom. The third-order valence-electron chi connectivity index (χ3n) is 1.89. The molecule has 0 unspecified atom stereocenters. The van der Waals surface area contributed by atoms with Gasteiger partial charge in [-0.3, -0.25) is 4.79 Å². The van der Waals surface area contributed by atoms with Crippen molar-refractivity contribution in [3.05, 3.63) is 0 Å². The minimum atomic E-state index is 0.153. The first-order valence-corrected chi connectivity index (χ1v) is 5.25. The summed E-state index contributed by atoms with van der Waals surface area (Å²) in [6.07, 6.45) is 2.46. The maximum absolute atomic E-state index is 11.0. The maximum atomic E-state index is 11.0. The average molecular weight is 202 g/mol. The van der Waals surface area contributed by atoms with Crippen LogP contribution in [0.25, 0.3) is 0 Å². The summed E-state index contributed by atoms with van der Waals surface area (Å²) in [5.41, 5.74) is 0. The molecule has 14 heavy (non-hydrogen) atoms. The molecular weight excluding hydrogens is 180 g/mol. The van der Waals surface area contributed by atoms with Crippen molar-refractivity contribution in [1.29, 1.82) is 0 Å². The number of rotatable bonds is 9. The van der Waals surface area contributed by atoms with Gasteiger partial charge in [-0.2, -0.15) is 0 Å². The highest BCUT2D eigenvalue weighted by atomic mass is 16.5. The van der Waals surface area contributed by atoms with E-state index in [0.717, 1.165) is 19.4 Å². The molecule has 0 aromatic heterocycles. The summed E-state index contributed by atoms with van der Waals surface area (Å²) in [6, 6.07) is 0. The lowest BCUT2D eigenvalue weighted by Gasteiger charge is -2.05. The van der Waals surface area contributed by atoms with Crippen molar-refractivity contribution >= 4 is 5.78 Å². The van der Waals surface area contributed by atoms with E-state index in [4.69, 9.17) is 9.47 Å². The van der Waals surface area contributed by atoms with Crippen LogP contribution in [0, 0.1) is 5.92 Å². The molecule has 0 atom stereocenters. The van der Waals surface area contributed by atoms with E-state index >= 15 is 0 Å². The molecule has 84 valence electrons. The molecule has 0 rings (SSSR count). The molecule has 0 amide bonds. The van der Waals surface area contributed by atoms with Crippen molar-refractivity contribution in [3.8, 4) is 0 Å². The molecule has 0 aliphatic rings. The van der Waals surface area contributed by atoms with Gasteiger partial charge in [0, 0.05) is 26.7 Å². The van der Waals surface area contributed by atoms with Gasteiger partial charge in [0.2, 0.25) is 0 Å². The van der Waals surface area contributed by atoms with Crippen LogP contribution in [0.15, 0.2) is 0 Å². The predicted octanol–water partition coefficient (Wildman–Crippen LogP) is 2.04. The lowest BCUT2D eigenvalue weighted by Crippen LogP contribution is -2.08. The van der Waals surface area contributed by atoms with Gasteiger partial charge in [0.15, 0.2) is 5.78 Å². The van der Waals surface area contributed by atoms with Crippen molar-refractivity contribution in [2.75, 3.05) is 26.9 Å². The van der Waals surface area contributed by atoms with Crippen LogP contribution in [0.2, 0.25) is 0 Å². The van der Waals surface area contributed by atoms with E-state index in [2.05, 4.69) is 13.8 Å². The molecule has 3 heteroatoms. The van der Waals surface area contributed by atoms with Gasteiger partial charge >= 0.3 is 0 Å². The molecule has 0 N–H and O–H groups in total. The quantitative estimate of drug-likeness (QED) is 0.537. The first kappa shape index (κ1) is 13.6. The standard InChI is InChI=1S/C11H22O3/c1-10(2)6-8-14-7-4-5-11(12)9-13-3/h10H,4-9H2,1-3H3. The van der Waals surface area contributed by atoms with E-state index in [1.54, 1.807) is 0 Å². The van der Waals surface area contributed by atoms with Gasteiger partial charge in [-0.05, 0) is 18.8 Å².